The van der Waals surface area contributed by atoms with Crippen molar-refractivity contribution in [3.63, 3.8) is 0 Å². The minimum atomic E-state index is -5.07. The zero-order chi connectivity index (χ0) is 31.3. The number of hydroxylamine groups is 2. The third-order valence-electron chi connectivity index (χ3n) is 7.33. The Morgan fingerprint density at radius 3 is 1.89 bits per heavy atom. The minimum Gasteiger partial charge on any atom is -0.724 e. The summed E-state index contributed by atoms with van der Waals surface area (Å²) in [7, 11) is -5.27. The summed E-state index contributed by atoms with van der Waals surface area (Å²) in [4.78, 5) is 28.7. The monoisotopic (exact) mass is 630 g/mol. The van der Waals surface area contributed by atoms with E-state index in [0.29, 0.717) is 16.3 Å². The maximum atomic E-state index is 12.0. The van der Waals surface area contributed by atoms with Crippen molar-refractivity contribution in [2.75, 3.05) is 13.1 Å². The molecule has 6 rings (SSSR count). The first kappa shape index (κ1) is 31.0. The Bertz CT molecular complexity index is 1750. The summed E-state index contributed by atoms with van der Waals surface area (Å²) in [5, 5.41) is 4.72. The number of allylic oxidation sites excluding steroid dienone is 1. The Labute approximate surface area is 256 Å². The van der Waals surface area contributed by atoms with Crippen molar-refractivity contribution in [3.8, 4) is 0 Å². The molecule has 2 aliphatic heterocycles. The van der Waals surface area contributed by atoms with Gasteiger partial charge in [-0.1, -0.05) is 66.7 Å². The average molecular weight is 631 g/mol. The van der Waals surface area contributed by atoms with E-state index in [1.807, 2.05) is 0 Å². The lowest BCUT2D eigenvalue weighted by Crippen LogP contribution is -2.36. The van der Waals surface area contributed by atoms with Crippen molar-refractivity contribution in [2.24, 2.45) is 7.05 Å². The first-order chi connectivity index (χ1) is 21.1. The van der Waals surface area contributed by atoms with Gasteiger partial charge in [0.15, 0.2) is 0 Å². The molecule has 2 bridgehead atoms. The molecule has 10 nitrogen and oxygen atoms in total. The summed E-state index contributed by atoms with van der Waals surface area (Å²) < 4.78 is 37.9. The number of nitrogens with zero attached hydrogens (tertiary/aromatic N) is 4. The zero-order valence-electron chi connectivity index (χ0n) is 24.1. The molecule has 0 saturated carbocycles. The molecule has 226 valence electrons. The number of fused-ring (bicyclic) bond motifs is 2. The van der Waals surface area contributed by atoms with E-state index in [4.69, 9.17) is 0 Å². The number of carbonyl (C=O) groups is 1. The van der Waals surface area contributed by atoms with Crippen molar-refractivity contribution >= 4 is 45.2 Å². The summed E-state index contributed by atoms with van der Waals surface area (Å²) >= 11 is 0. The standard InChI is InChI=1S/C21H20P.C11H12N4O6S/c1-2-18-22(19-12-6-3-7-13-19,20-14-8-4-9-15-20)21-16-10-5-11-17-21;1-13-5-8(12-4-10(13)16)7-2-3-14-6-9(7)15(11(14)17)21-22(18,19)20/h2-18H,1H3;2,4-5,9H,3,6H2,1H3,(H,18,19,20)/q+1;/p-1/b18-2-;. The van der Waals surface area contributed by atoms with E-state index in [1.54, 1.807) is 13.1 Å². The maximum Gasteiger partial charge on any atom is 0.346 e. The average Bonchev–Trinajstić information content (AvgIpc) is 3.26. The van der Waals surface area contributed by atoms with Crippen LogP contribution in [-0.2, 0) is 21.7 Å². The number of aromatic nitrogens is 2. The van der Waals surface area contributed by atoms with Gasteiger partial charge in [-0.05, 0) is 43.3 Å². The number of amides is 2. The van der Waals surface area contributed by atoms with Crippen LogP contribution in [0, 0.1) is 0 Å². The Morgan fingerprint density at radius 1 is 0.909 bits per heavy atom. The fourth-order valence-electron chi connectivity index (χ4n) is 5.38. The van der Waals surface area contributed by atoms with E-state index < -0.39 is 29.7 Å². The van der Waals surface area contributed by atoms with Crippen LogP contribution in [0.4, 0.5) is 4.79 Å². The number of benzene rings is 3. The highest BCUT2D eigenvalue weighted by Crippen LogP contribution is 2.56. The van der Waals surface area contributed by atoms with E-state index in [1.165, 1.54) is 31.6 Å². The van der Waals surface area contributed by atoms with Gasteiger partial charge in [0.05, 0.1) is 24.3 Å². The van der Waals surface area contributed by atoms with Crippen LogP contribution in [0.1, 0.15) is 12.6 Å². The number of aryl methyl sites for hydroxylation is 1. The van der Waals surface area contributed by atoms with Gasteiger partial charge in [0.25, 0.3) is 5.56 Å². The smallest absolute Gasteiger partial charge is 0.346 e. The largest absolute Gasteiger partial charge is 0.724 e. The van der Waals surface area contributed by atoms with Gasteiger partial charge in [-0.25, -0.2) is 18.2 Å². The highest BCUT2D eigenvalue weighted by molar-refractivity contribution is 7.98. The molecule has 12 heteroatoms. The lowest BCUT2D eigenvalue weighted by atomic mass is 10.0. The van der Waals surface area contributed by atoms with Gasteiger partial charge < -0.3 is 14.0 Å². The maximum absolute atomic E-state index is 12.0. The van der Waals surface area contributed by atoms with Crippen molar-refractivity contribution in [3.05, 3.63) is 137 Å². The molecule has 3 heterocycles. The van der Waals surface area contributed by atoms with Gasteiger partial charge in [-0.2, -0.15) is 9.35 Å². The van der Waals surface area contributed by atoms with Gasteiger partial charge in [0, 0.05) is 25.4 Å². The third-order valence-corrected chi connectivity index (χ3v) is 11.8. The molecule has 1 saturated heterocycles. The molecular weight excluding hydrogens is 599 g/mol. The molecule has 44 heavy (non-hydrogen) atoms. The highest BCUT2D eigenvalue weighted by Gasteiger charge is 2.45. The normalized spacial score (nSPS) is 16.5. The molecule has 0 aliphatic carbocycles. The molecule has 1 fully saturated rings. The Balaban J connectivity index is 0.000000175. The fourth-order valence-corrected chi connectivity index (χ4v) is 9.53. The quantitative estimate of drug-likeness (QED) is 0.175. The third kappa shape index (κ3) is 6.41. The first-order valence-corrected chi connectivity index (χ1v) is 17.0. The second kappa shape index (κ2) is 13.1. The Hall–Kier alpha value is -4.41. The number of hydrogen-bond donors (Lipinski definition) is 0. The highest BCUT2D eigenvalue weighted by atomic mass is 32.3. The van der Waals surface area contributed by atoms with Gasteiger partial charge in [0.2, 0.25) is 10.4 Å². The predicted molar refractivity (Wildman–Crippen MR) is 171 cm³/mol. The lowest BCUT2D eigenvalue weighted by Gasteiger charge is -2.24. The summed E-state index contributed by atoms with van der Waals surface area (Å²) in [6.45, 7) is 2.52. The molecular formula is C32H31N4O6PS. The topological polar surface area (TPSA) is 125 Å². The Morgan fingerprint density at radius 2 is 1.43 bits per heavy atom. The number of rotatable bonds is 7. The molecule has 0 N–H and O–H groups in total. The molecule has 2 aliphatic rings. The second-order valence-corrected chi connectivity index (χ2v) is 14.4. The molecule has 1 aromatic heterocycles. The summed E-state index contributed by atoms with van der Waals surface area (Å²) in [5.41, 5.74) is 0.610. The second-order valence-electron chi connectivity index (χ2n) is 10.1. The minimum absolute atomic E-state index is 0.171. The molecule has 0 spiro atoms. The Kier molecular flexibility index (Phi) is 9.22. The molecule has 3 aromatic carbocycles. The summed E-state index contributed by atoms with van der Waals surface area (Å²) in [6.07, 6.45) is 6.46. The lowest BCUT2D eigenvalue weighted by molar-refractivity contribution is -0.0172. The SMILES string of the molecule is C/C=C\[P+](c1ccccc1)(c1ccccc1)c1ccccc1.Cn1cc(C2=CCN3CC2N(OS(=O)(=O)[O-])C3=O)ncc1=O. The predicted octanol–water partition coefficient (Wildman–Crippen LogP) is 3.19. The number of urea groups is 1. The molecule has 1 atom stereocenters. The van der Waals surface area contributed by atoms with E-state index in [9.17, 15) is 22.6 Å². The van der Waals surface area contributed by atoms with Crippen LogP contribution in [0.5, 0.6) is 0 Å². The van der Waals surface area contributed by atoms with Crippen LogP contribution in [0.2, 0.25) is 0 Å². The fraction of sp³-hybridized carbons (Fsp3) is 0.156. The van der Waals surface area contributed by atoms with Crippen molar-refractivity contribution in [1.29, 1.82) is 0 Å². The van der Waals surface area contributed by atoms with Gasteiger partial charge in [-0.3, -0.25) is 4.79 Å². The summed E-state index contributed by atoms with van der Waals surface area (Å²) in [6, 6.07) is 31.1. The van der Waals surface area contributed by atoms with Crippen LogP contribution >= 0.6 is 7.26 Å². The van der Waals surface area contributed by atoms with Crippen LogP contribution in [0.25, 0.3) is 5.57 Å². The van der Waals surface area contributed by atoms with Crippen LogP contribution < -0.4 is 21.5 Å². The van der Waals surface area contributed by atoms with Gasteiger partial charge >= 0.3 is 6.03 Å². The van der Waals surface area contributed by atoms with Gasteiger partial charge in [-0.15, -0.1) is 0 Å². The molecule has 2 amide bonds. The summed E-state index contributed by atoms with van der Waals surface area (Å²) in [5.74, 6) is 2.41. The number of carbonyl (C=O) groups excluding carboxylic acids is 1. The molecule has 0 radical (unpaired) electrons. The van der Waals surface area contributed by atoms with Crippen molar-refractivity contribution in [1.82, 2.24) is 19.5 Å². The first-order valence-electron chi connectivity index (χ1n) is 13.8. The molecule has 4 aromatic rings. The van der Waals surface area contributed by atoms with Gasteiger partial charge in [0.1, 0.15) is 29.2 Å². The van der Waals surface area contributed by atoms with Crippen molar-refractivity contribution < 1.29 is 22.0 Å². The molecule has 1 unspecified atom stereocenters. The number of hydrogen-bond acceptors (Lipinski definition) is 7. The van der Waals surface area contributed by atoms with Crippen LogP contribution in [0.15, 0.2) is 126 Å². The zero-order valence-corrected chi connectivity index (χ0v) is 25.8. The van der Waals surface area contributed by atoms with Crippen LogP contribution in [-0.4, -0.2) is 57.6 Å². The van der Waals surface area contributed by atoms with E-state index >= 15 is 0 Å². The van der Waals surface area contributed by atoms with Crippen molar-refractivity contribution in [2.45, 2.75) is 13.0 Å². The van der Waals surface area contributed by atoms with E-state index in [-0.39, 0.29) is 18.6 Å². The van der Waals surface area contributed by atoms with E-state index in [0.717, 1.165) is 6.20 Å². The van der Waals surface area contributed by atoms with Crippen LogP contribution in [0.3, 0.4) is 0 Å². The van der Waals surface area contributed by atoms with E-state index in [2.05, 4.69) is 119 Å².